The molecule has 3 N–H and O–H groups in total. The van der Waals surface area contributed by atoms with E-state index in [0.717, 1.165) is 3.57 Å². The molecular formula is C19H18I3NO6. The fraction of sp³-hybridized carbons (Fsp3) is 0.263. The molecule has 0 atom stereocenters. The number of rotatable bonds is 9. The number of hydrogen-bond acceptors (Lipinski definition) is 5. The van der Waals surface area contributed by atoms with Crippen molar-refractivity contribution in [3.8, 4) is 11.5 Å². The molecule has 0 aliphatic carbocycles. The number of aliphatic hydroxyl groups is 2. The molecule has 156 valence electrons. The monoisotopic (exact) mass is 737 g/mol. The summed E-state index contributed by atoms with van der Waals surface area (Å²) in [5, 5.41) is 27.6. The van der Waals surface area contributed by atoms with Gasteiger partial charge in [0.15, 0.2) is 5.75 Å². The number of carboxylic acid groups (broad SMARTS) is 1. The van der Waals surface area contributed by atoms with Crippen molar-refractivity contribution >= 4 is 79.6 Å². The number of aliphatic carboxylic acids is 1. The van der Waals surface area contributed by atoms with E-state index in [1.54, 1.807) is 24.3 Å². The van der Waals surface area contributed by atoms with E-state index in [0.29, 0.717) is 29.8 Å². The Morgan fingerprint density at radius 2 is 1.62 bits per heavy atom. The van der Waals surface area contributed by atoms with Crippen LogP contribution in [0.25, 0.3) is 0 Å². The maximum atomic E-state index is 13.1. The minimum Gasteiger partial charge on any atom is -0.481 e. The van der Waals surface area contributed by atoms with Crippen molar-refractivity contribution in [2.24, 2.45) is 0 Å². The molecule has 0 bridgehead atoms. The average Bonchev–Trinajstić information content (AvgIpc) is 2.65. The molecule has 1 amide bonds. The number of benzene rings is 2. The van der Waals surface area contributed by atoms with Crippen LogP contribution >= 0.6 is 67.8 Å². The maximum absolute atomic E-state index is 13.1. The Bertz CT molecular complexity index is 900. The number of carbonyl (C=O) groups is 2. The SMILES string of the molecule is O=C(O)Cc1ccccc1Oc1c(I)cc(I)c(C(=O)N(CCO)CCO)c1I. The van der Waals surface area contributed by atoms with E-state index < -0.39 is 5.97 Å². The average molecular weight is 737 g/mol. The molecule has 0 radical (unpaired) electrons. The molecule has 0 saturated carbocycles. The van der Waals surface area contributed by atoms with Crippen LogP contribution in [0, 0.1) is 10.7 Å². The molecule has 10 heteroatoms. The predicted molar refractivity (Wildman–Crippen MR) is 133 cm³/mol. The van der Waals surface area contributed by atoms with Gasteiger partial charge in [-0.2, -0.15) is 0 Å². The zero-order valence-corrected chi connectivity index (χ0v) is 21.5. The van der Waals surface area contributed by atoms with Gasteiger partial charge in [-0.25, -0.2) is 0 Å². The predicted octanol–water partition coefficient (Wildman–Crippen LogP) is 3.35. The van der Waals surface area contributed by atoms with Gasteiger partial charge < -0.3 is 25.0 Å². The third-order valence-corrected chi connectivity index (χ3v) is 6.58. The lowest BCUT2D eigenvalue weighted by Crippen LogP contribution is -2.36. The maximum Gasteiger partial charge on any atom is 0.307 e. The molecule has 0 heterocycles. The first kappa shape index (κ1) is 24.6. The van der Waals surface area contributed by atoms with E-state index in [-0.39, 0.29) is 38.6 Å². The molecule has 0 aliphatic heterocycles. The summed E-state index contributed by atoms with van der Waals surface area (Å²) in [4.78, 5) is 25.6. The number of ether oxygens (including phenoxy) is 1. The number of carboxylic acids is 1. The van der Waals surface area contributed by atoms with Crippen molar-refractivity contribution < 1.29 is 29.6 Å². The lowest BCUT2D eigenvalue weighted by molar-refractivity contribution is -0.136. The number of aliphatic hydroxyl groups excluding tert-OH is 2. The summed E-state index contributed by atoms with van der Waals surface area (Å²) in [7, 11) is 0. The Hall–Kier alpha value is -0.710. The largest absolute Gasteiger partial charge is 0.481 e. The molecule has 2 aromatic rings. The third-order valence-electron chi connectivity index (χ3n) is 3.90. The van der Waals surface area contributed by atoms with Crippen LogP contribution in [-0.2, 0) is 11.2 Å². The summed E-state index contributed by atoms with van der Waals surface area (Å²) in [6, 6.07) is 8.68. The second-order valence-electron chi connectivity index (χ2n) is 5.88. The molecule has 0 aliphatic rings. The number of para-hydroxylation sites is 1. The van der Waals surface area contributed by atoms with E-state index in [1.807, 2.05) is 28.7 Å². The van der Waals surface area contributed by atoms with E-state index in [1.165, 1.54) is 4.90 Å². The van der Waals surface area contributed by atoms with Crippen LogP contribution in [0.15, 0.2) is 30.3 Å². The molecule has 0 unspecified atom stereocenters. The van der Waals surface area contributed by atoms with Gasteiger partial charge >= 0.3 is 5.97 Å². The van der Waals surface area contributed by atoms with Gasteiger partial charge in [-0.05, 0) is 79.9 Å². The van der Waals surface area contributed by atoms with Crippen molar-refractivity contribution in [1.29, 1.82) is 0 Å². The highest BCUT2D eigenvalue weighted by atomic mass is 127. The van der Waals surface area contributed by atoms with Gasteiger partial charge in [0.1, 0.15) is 5.75 Å². The zero-order valence-electron chi connectivity index (χ0n) is 15.1. The molecule has 2 aromatic carbocycles. The van der Waals surface area contributed by atoms with Crippen molar-refractivity contribution in [1.82, 2.24) is 4.90 Å². The first-order chi connectivity index (χ1) is 13.8. The summed E-state index contributed by atoms with van der Waals surface area (Å²) in [5.41, 5.74) is 0.944. The lowest BCUT2D eigenvalue weighted by Gasteiger charge is -2.23. The number of amides is 1. The van der Waals surface area contributed by atoms with Crippen molar-refractivity contribution in [3.05, 3.63) is 52.2 Å². The van der Waals surface area contributed by atoms with Crippen LogP contribution in [0.5, 0.6) is 11.5 Å². The fourth-order valence-electron chi connectivity index (χ4n) is 2.60. The van der Waals surface area contributed by atoms with E-state index >= 15 is 0 Å². The first-order valence-electron chi connectivity index (χ1n) is 8.46. The van der Waals surface area contributed by atoms with Gasteiger partial charge in [0.2, 0.25) is 0 Å². The molecule has 0 saturated heterocycles. The number of hydrogen-bond donors (Lipinski definition) is 3. The van der Waals surface area contributed by atoms with Crippen molar-refractivity contribution in [2.75, 3.05) is 26.3 Å². The smallest absolute Gasteiger partial charge is 0.307 e. The minimum atomic E-state index is -0.965. The molecule has 0 aromatic heterocycles. The molecular weight excluding hydrogens is 719 g/mol. The molecule has 0 spiro atoms. The highest BCUT2D eigenvalue weighted by Crippen LogP contribution is 2.38. The number of halogens is 3. The Kier molecular flexibility index (Phi) is 9.84. The van der Waals surface area contributed by atoms with E-state index in [2.05, 4.69) is 45.2 Å². The van der Waals surface area contributed by atoms with Crippen LogP contribution in [0.2, 0.25) is 0 Å². The summed E-state index contributed by atoms with van der Waals surface area (Å²) >= 11 is 6.22. The molecule has 2 rings (SSSR count). The molecule has 0 fully saturated rings. The van der Waals surface area contributed by atoms with Gasteiger partial charge in [0, 0.05) is 22.2 Å². The van der Waals surface area contributed by atoms with Crippen LogP contribution in [0.1, 0.15) is 15.9 Å². The number of carbonyl (C=O) groups excluding carboxylic acids is 1. The van der Waals surface area contributed by atoms with E-state index in [4.69, 9.17) is 9.84 Å². The van der Waals surface area contributed by atoms with Crippen molar-refractivity contribution in [3.63, 3.8) is 0 Å². The normalized spacial score (nSPS) is 10.7. The zero-order chi connectivity index (χ0) is 21.6. The summed E-state index contributed by atoms with van der Waals surface area (Å²) < 4.78 is 8.13. The standard InChI is InChI=1S/C19H18I3NO6/c20-12-10-13(21)18(29-14-4-2-1-3-11(14)9-15(26)27)17(22)16(12)19(28)23(5-7-24)6-8-25/h1-4,10,24-25H,5-9H2,(H,26,27). The van der Waals surface area contributed by atoms with Gasteiger partial charge in [-0.3, -0.25) is 9.59 Å². The highest BCUT2D eigenvalue weighted by Gasteiger charge is 2.25. The quantitative estimate of drug-likeness (QED) is 0.342. The summed E-state index contributed by atoms with van der Waals surface area (Å²) in [6.45, 7) is -0.214. The van der Waals surface area contributed by atoms with Crippen molar-refractivity contribution in [2.45, 2.75) is 6.42 Å². The second kappa shape index (κ2) is 11.6. The minimum absolute atomic E-state index is 0.106. The highest BCUT2D eigenvalue weighted by molar-refractivity contribution is 14.1. The Morgan fingerprint density at radius 3 is 2.21 bits per heavy atom. The second-order valence-corrected chi connectivity index (χ2v) is 9.28. The number of nitrogens with zero attached hydrogens (tertiary/aromatic N) is 1. The first-order valence-corrected chi connectivity index (χ1v) is 11.7. The Balaban J connectivity index is 2.49. The fourth-order valence-corrected chi connectivity index (χ4v) is 6.65. The topological polar surface area (TPSA) is 107 Å². The summed E-state index contributed by atoms with van der Waals surface area (Å²) in [5.74, 6) is -0.414. The van der Waals surface area contributed by atoms with Gasteiger partial charge in [0.05, 0.1) is 32.3 Å². The summed E-state index contributed by atoms with van der Waals surface area (Å²) in [6.07, 6.45) is -0.180. The third kappa shape index (κ3) is 6.38. The Morgan fingerprint density at radius 1 is 1.00 bits per heavy atom. The lowest BCUT2D eigenvalue weighted by atomic mass is 10.1. The van der Waals surface area contributed by atoms with Crippen LogP contribution in [0.3, 0.4) is 0 Å². The van der Waals surface area contributed by atoms with Gasteiger partial charge in [0.25, 0.3) is 5.91 Å². The van der Waals surface area contributed by atoms with Gasteiger partial charge in [-0.1, -0.05) is 18.2 Å². The molecule has 29 heavy (non-hydrogen) atoms. The van der Waals surface area contributed by atoms with Gasteiger partial charge in [-0.15, -0.1) is 0 Å². The molecule has 7 nitrogen and oxygen atoms in total. The van der Waals surface area contributed by atoms with Crippen LogP contribution in [-0.4, -0.2) is 58.4 Å². The van der Waals surface area contributed by atoms with Crippen LogP contribution < -0.4 is 4.74 Å². The Labute approximate surface area is 208 Å². The van der Waals surface area contributed by atoms with E-state index in [9.17, 15) is 19.8 Å². The van der Waals surface area contributed by atoms with Crippen LogP contribution in [0.4, 0.5) is 0 Å².